The Balaban J connectivity index is 2.28. The average Bonchev–Trinajstić information content (AvgIpc) is 2.46. The Bertz CT molecular complexity index is 634. The average molecular weight is 294 g/mol. The summed E-state index contributed by atoms with van der Waals surface area (Å²) in [4.78, 5) is 20.0. The number of carbonyl (C=O) groups is 1. The summed E-state index contributed by atoms with van der Waals surface area (Å²) in [5, 5.41) is 2.79. The van der Waals surface area contributed by atoms with E-state index in [4.69, 9.17) is 21.1 Å². The van der Waals surface area contributed by atoms with E-state index in [0.29, 0.717) is 17.1 Å². The van der Waals surface area contributed by atoms with Crippen LogP contribution in [0.3, 0.4) is 0 Å². The lowest BCUT2D eigenvalue weighted by Gasteiger charge is -2.10. The van der Waals surface area contributed by atoms with Crippen molar-refractivity contribution in [2.45, 2.75) is 0 Å². The van der Waals surface area contributed by atoms with Crippen molar-refractivity contribution >= 4 is 23.3 Å². The van der Waals surface area contributed by atoms with Crippen LogP contribution in [0.5, 0.6) is 11.5 Å². The van der Waals surface area contributed by atoms with Crippen LogP contribution in [0.15, 0.2) is 30.6 Å². The number of amides is 1. The molecule has 7 heteroatoms. The van der Waals surface area contributed by atoms with Crippen LogP contribution in [0, 0.1) is 0 Å². The molecule has 0 bridgehead atoms. The highest BCUT2D eigenvalue weighted by Crippen LogP contribution is 2.24. The number of hydrogen-bond acceptors (Lipinski definition) is 5. The molecule has 0 atom stereocenters. The number of carbonyl (C=O) groups excluding carboxylic acids is 1. The van der Waals surface area contributed by atoms with E-state index in [1.54, 1.807) is 18.2 Å². The van der Waals surface area contributed by atoms with Gasteiger partial charge < -0.3 is 14.8 Å². The second kappa shape index (κ2) is 6.21. The number of benzene rings is 1. The van der Waals surface area contributed by atoms with Crippen molar-refractivity contribution < 1.29 is 14.3 Å². The van der Waals surface area contributed by atoms with E-state index in [9.17, 15) is 4.79 Å². The molecule has 0 aliphatic carbocycles. The van der Waals surface area contributed by atoms with Crippen LogP contribution in [0.4, 0.5) is 5.82 Å². The summed E-state index contributed by atoms with van der Waals surface area (Å²) in [6, 6.07) is 4.93. The Kier molecular flexibility index (Phi) is 4.37. The van der Waals surface area contributed by atoms with Crippen LogP contribution < -0.4 is 14.8 Å². The van der Waals surface area contributed by atoms with Crippen LogP contribution in [0.25, 0.3) is 0 Å². The van der Waals surface area contributed by atoms with Gasteiger partial charge in [0.05, 0.1) is 32.2 Å². The Morgan fingerprint density at radius 3 is 2.70 bits per heavy atom. The molecule has 0 unspecified atom stereocenters. The Labute approximate surface area is 120 Å². The van der Waals surface area contributed by atoms with Gasteiger partial charge in [0.15, 0.2) is 5.82 Å². The summed E-state index contributed by atoms with van der Waals surface area (Å²) in [5.74, 6) is 0.844. The number of methoxy groups -OCH3 is 2. The molecule has 1 aromatic carbocycles. The van der Waals surface area contributed by atoms with E-state index in [-0.39, 0.29) is 11.0 Å². The lowest BCUT2D eigenvalue weighted by molar-refractivity contribution is 0.102. The first-order valence-electron chi connectivity index (χ1n) is 5.65. The fourth-order valence-corrected chi connectivity index (χ4v) is 1.72. The van der Waals surface area contributed by atoms with Crippen molar-refractivity contribution in [1.82, 2.24) is 9.97 Å². The van der Waals surface area contributed by atoms with Crippen LogP contribution in [0.2, 0.25) is 5.15 Å². The lowest BCUT2D eigenvalue weighted by Crippen LogP contribution is -2.14. The number of aromatic nitrogens is 2. The minimum Gasteiger partial charge on any atom is -0.497 e. The summed E-state index contributed by atoms with van der Waals surface area (Å²) >= 11 is 5.71. The molecular formula is C13H12ClN3O3. The molecule has 1 N–H and O–H groups in total. The summed E-state index contributed by atoms with van der Waals surface area (Å²) in [7, 11) is 3.00. The van der Waals surface area contributed by atoms with Crippen molar-refractivity contribution in [2.24, 2.45) is 0 Å². The van der Waals surface area contributed by atoms with E-state index in [1.165, 1.54) is 26.6 Å². The van der Waals surface area contributed by atoms with Gasteiger partial charge in [-0.2, -0.15) is 0 Å². The molecule has 1 heterocycles. The highest BCUT2D eigenvalue weighted by molar-refractivity contribution is 6.29. The number of rotatable bonds is 4. The highest BCUT2D eigenvalue weighted by Gasteiger charge is 2.14. The number of hydrogen-bond donors (Lipinski definition) is 1. The molecule has 0 aliphatic rings. The first-order chi connectivity index (χ1) is 9.63. The molecule has 0 fully saturated rings. The standard InChI is InChI=1S/C13H12ClN3O3/c1-19-8-3-4-10(20-2)9(5-8)13(18)17-12-7-15-6-11(14)16-12/h3-7H,1-2H3,(H,16,17,18). The van der Waals surface area contributed by atoms with Gasteiger partial charge in [-0.3, -0.25) is 9.78 Å². The highest BCUT2D eigenvalue weighted by atomic mass is 35.5. The van der Waals surface area contributed by atoms with E-state index >= 15 is 0 Å². The Morgan fingerprint density at radius 1 is 1.25 bits per heavy atom. The molecule has 20 heavy (non-hydrogen) atoms. The van der Waals surface area contributed by atoms with E-state index in [1.807, 2.05) is 0 Å². The molecule has 0 spiro atoms. The molecule has 1 amide bonds. The van der Waals surface area contributed by atoms with E-state index in [0.717, 1.165) is 0 Å². The molecule has 0 saturated carbocycles. The van der Waals surface area contributed by atoms with Gasteiger partial charge in [-0.1, -0.05) is 11.6 Å². The normalized spacial score (nSPS) is 9.95. The summed E-state index contributed by atoms with van der Waals surface area (Å²) in [5.41, 5.74) is 0.327. The van der Waals surface area contributed by atoms with Crippen molar-refractivity contribution in [3.63, 3.8) is 0 Å². The van der Waals surface area contributed by atoms with Crippen LogP contribution in [-0.4, -0.2) is 30.1 Å². The van der Waals surface area contributed by atoms with Crippen LogP contribution in [-0.2, 0) is 0 Å². The maximum absolute atomic E-state index is 12.2. The lowest BCUT2D eigenvalue weighted by atomic mass is 10.1. The van der Waals surface area contributed by atoms with E-state index < -0.39 is 5.91 Å². The summed E-state index contributed by atoms with van der Waals surface area (Å²) in [6.45, 7) is 0. The second-order valence-corrected chi connectivity index (χ2v) is 4.13. The third-order valence-electron chi connectivity index (χ3n) is 2.50. The fraction of sp³-hybridized carbons (Fsp3) is 0.154. The summed E-state index contributed by atoms with van der Waals surface area (Å²) < 4.78 is 10.2. The second-order valence-electron chi connectivity index (χ2n) is 3.75. The van der Waals surface area contributed by atoms with Crippen molar-refractivity contribution in [3.05, 3.63) is 41.3 Å². The van der Waals surface area contributed by atoms with Crippen molar-refractivity contribution in [3.8, 4) is 11.5 Å². The smallest absolute Gasteiger partial charge is 0.260 e. The van der Waals surface area contributed by atoms with Gasteiger partial charge in [0.25, 0.3) is 5.91 Å². The molecule has 104 valence electrons. The molecule has 1 aromatic heterocycles. The topological polar surface area (TPSA) is 73.3 Å². The molecular weight excluding hydrogens is 282 g/mol. The van der Waals surface area contributed by atoms with Gasteiger partial charge in [0.1, 0.15) is 16.7 Å². The zero-order valence-electron chi connectivity index (χ0n) is 10.9. The molecule has 2 rings (SSSR count). The quantitative estimate of drug-likeness (QED) is 0.937. The largest absolute Gasteiger partial charge is 0.497 e. The third-order valence-corrected chi connectivity index (χ3v) is 2.68. The van der Waals surface area contributed by atoms with Gasteiger partial charge in [0.2, 0.25) is 0 Å². The number of nitrogens with zero attached hydrogens (tertiary/aromatic N) is 2. The predicted octanol–water partition coefficient (Wildman–Crippen LogP) is 2.40. The van der Waals surface area contributed by atoms with Crippen molar-refractivity contribution in [1.29, 1.82) is 0 Å². The Morgan fingerprint density at radius 2 is 2.05 bits per heavy atom. The third kappa shape index (κ3) is 3.16. The maximum atomic E-state index is 12.2. The first kappa shape index (κ1) is 14.1. The first-order valence-corrected chi connectivity index (χ1v) is 6.02. The predicted molar refractivity (Wildman–Crippen MR) is 74.5 cm³/mol. The van der Waals surface area contributed by atoms with Gasteiger partial charge in [-0.25, -0.2) is 4.98 Å². The SMILES string of the molecule is COc1ccc(OC)c(C(=O)Nc2cncc(Cl)n2)c1. The number of nitrogens with one attached hydrogen (secondary N) is 1. The van der Waals surface area contributed by atoms with Gasteiger partial charge in [-0.15, -0.1) is 0 Å². The minimum absolute atomic E-state index is 0.195. The van der Waals surface area contributed by atoms with Gasteiger partial charge in [-0.05, 0) is 18.2 Å². The fourth-order valence-electron chi connectivity index (χ4n) is 1.58. The number of ether oxygens (including phenoxy) is 2. The van der Waals surface area contributed by atoms with Crippen molar-refractivity contribution in [2.75, 3.05) is 19.5 Å². The number of anilines is 1. The maximum Gasteiger partial charge on any atom is 0.260 e. The molecule has 0 aliphatic heterocycles. The van der Waals surface area contributed by atoms with E-state index in [2.05, 4.69) is 15.3 Å². The van der Waals surface area contributed by atoms with Gasteiger partial charge >= 0.3 is 0 Å². The molecule has 0 saturated heterocycles. The number of halogens is 1. The zero-order chi connectivity index (χ0) is 14.5. The Hall–Kier alpha value is -2.34. The minimum atomic E-state index is -0.391. The van der Waals surface area contributed by atoms with Crippen LogP contribution in [0.1, 0.15) is 10.4 Å². The molecule has 0 radical (unpaired) electrons. The summed E-state index contributed by atoms with van der Waals surface area (Å²) in [6.07, 6.45) is 2.78. The zero-order valence-corrected chi connectivity index (χ0v) is 11.6. The molecule has 6 nitrogen and oxygen atoms in total. The van der Waals surface area contributed by atoms with Crippen LogP contribution >= 0.6 is 11.6 Å². The monoisotopic (exact) mass is 293 g/mol. The molecule has 2 aromatic rings. The van der Waals surface area contributed by atoms with Gasteiger partial charge in [0, 0.05) is 0 Å².